The van der Waals surface area contributed by atoms with E-state index in [-0.39, 0.29) is 11.0 Å². The van der Waals surface area contributed by atoms with Gasteiger partial charge >= 0.3 is 0 Å². The van der Waals surface area contributed by atoms with E-state index in [1.165, 1.54) is 0 Å². The first-order chi connectivity index (χ1) is 12.5. The normalized spacial score (nSPS) is 18.7. The van der Waals surface area contributed by atoms with Crippen LogP contribution in [0, 0.1) is 0 Å². The van der Waals surface area contributed by atoms with Crippen molar-refractivity contribution in [2.45, 2.75) is 30.3 Å². The lowest BCUT2D eigenvalue weighted by Crippen LogP contribution is -2.39. The molecule has 1 aliphatic heterocycles. The van der Waals surface area contributed by atoms with Gasteiger partial charge in [0, 0.05) is 13.1 Å². The summed E-state index contributed by atoms with van der Waals surface area (Å²) in [7, 11) is -3.49. The number of likely N-dealkylation sites (tertiary alicyclic amines) is 1. The van der Waals surface area contributed by atoms with Crippen LogP contribution in [0.1, 0.15) is 19.3 Å². The minimum Gasteiger partial charge on any atom is -0.392 e. The third-order valence-corrected chi connectivity index (χ3v) is 6.17. The molecule has 1 aliphatic rings. The largest absolute Gasteiger partial charge is 0.392 e. The van der Waals surface area contributed by atoms with E-state index in [0.717, 1.165) is 43.5 Å². The summed E-state index contributed by atoms with van der Waals surface area (Å²) in [6.45, 7) is 2.86. The fraction of sp³-hybridized carbons (Fsp3) is 0.400. The van der Waals surface area contributed by atoms with E-state index in [2.05, 4.69) is 9.62 Å². The van der Waals surface area contributed by atoms with Crippen molar-refractivity contribution in [3.8, 4) is 11.1 Å². The Labute approximate surface area is 155 Å². The van der Waals surface area contributed by atoms with Gasteiger partial charge in [0.25, 0.3) is 0 Å². The van der Waals surface area contributed by atoms with Gasteiger partial charge in [-0.05, 0) is 55.6 Å². The van der Waals surface area contributed by atoms with E-state index in [4.69, 9.17) is 0 Å². The van der Waals surface area contributed by atoms with E-state index in [1.807, 2.05) is 42.5 Å². The molecule has 0 saturated carbocycles. The van der Waals surface area contributed by atoms with E-state index >= 15 is 0 Å². The van der Waals surface area contributed by atoms with Crippen LogP contribution in [0.3, 0.4) is 0 Å². The summed E-state index contributed by atoms with van der Waals surface area (Å²) in [4.78, 5) is 2.47. The van der Waals surface area contributed by atoms with Crippen LogP contribution in [0.25, 0.3) is 11.1 Å². The number of aliphatic hydroxyl groups excluding tert-OH is 1. The minimum atomic E-state index is -3.49. The molecule has 2 N–H and O–H groups in total. The van der Waals surface area contributed by atoms with Gasteiger partial charge in [-0.3, -0.25) is 0 Å². The molecule has 6 heteroatoms. The Balaban J connectivity index is 1.51. The van der Waals surface area contributed by atoms with Crippen molar-refractivity contribution in [2.24, 2.45) is 0 Å². The number of benzene rings is 2. The van der Waals surface area contributed by atoms with Gasteiger partial charge in [0.2, 0.25) is 10.0 Å². The summed E-state index contributed by atoms with van der Waals surface area (Å²) in [5.74, 6) is 0. The van der Waals surface area contributed by atoms with Crippen LogP contribution >= 0.6 is 0 Å². The highest BCUT2D eigenvalue weighted by atomic mass is 32.2. The Morgan fingerprint density at radius 2 is 1.73 bits per heavy atom. The molecule has 1 fully saturated rings. The van der Waals surface area contributed by atoms with E-state index in [0.29, 0.717) is 13.1 Å². The second kappa shape index (κ2) is 8.77. The van der Waals surface area contributed by atoms with Crippen LogP contribution in [0.5, 0.6) is 0 Å². The average Bonchev–Trinajstić information content (AvgIpc) is 2.66. The third-order valence-electron chi connectivity index (χ3n) is 4.70. The first-order valence-electron chi connectivity index (χ1n) is 9.10. The predicted octanol–water partition coefficient (Wildman–Crippen LogP) is 2.48. The molecule has 140 valence electrons. The van der Waals surface area contributed by atoms with Crippen molar-refractivity contribution in [3.63, 3.8) is 0 Å². The molecule has 0 unspecified atom stereocenters. The summed E-state index contributed by atoms with van der Waals surface area (Å²) < 4.78 is 27.5. The quantitative estimate of drug-likeness (QED) is 0.731. The topological polar surface area (TPSA) is 69.6 Å². The zero-order valence-electron chi connectivity index (χ0n) is 14.8. The molecule has 0 bridgehead atoms. The fourth-order valence-electron chi connectivity index (χ4n) is 3.28. The third kappa shape index (κ3) is 5.14. The molecule has 1 saturated heterocycles. The number of piperidine rings is 1. The molecule has 2 aromatic carbocycles. The first-order valence-corrected chi connectivity index (χ1v) is 10.6. The van der Waals surface area contributed by atoms with Gasteiger partial charge < -0.3 is 10.0 Å². The summed E-state index contributed by atoms with van der Waals surface area (Å²) >= 11 is 0. The molecule has 26 heavy (non-hydrogen) atoms. The van der Waals surface area contributed by atoms with E-state index < -0.39 is 10.0 Å². The molecule has 5 nitrogen and oxygen atoms in total. The second-order valence-electron chi connectivity index (χ2n) is 6.74. The number of hydrogen-bond donors (Lipinski definition) is 2. The lowest BCUT2D eigenvalue weighted by molar-refractivity contribution is 0.0704. The van der Waals surface area contributed by atoms with Crippen molar-refractivity contribution < 1.29 is 13.5 Å². The smallest absolute Gasteiger partial charge is 0.240 e. The number of nitrogens with zero attached hydrogens (tertiary/aromatic N) is 1. The lowest BCUT2D eigenvalue weighted by Gasteiger charge is -2.29. The van der Waals surface area contributed by atoms with Crippen LogP contribution < -0.4 is 4.72 Å². The maximum absolute atomic E-state index is 12.4. The average molecular weight is 375 g/mol. The molecule has 0 amide bonds. The fourth-order valence-corrected chi connectivity index (χ4v) is 4.36. The van der Waals surface area contributed by atoms with Gasteiger partial charge in [-0.25, -0.2) is 13.1 Å². The maximum Gasteiger partial charge on any atom is 0.240 e. The zero-order chi connectivity index (χ0) is 18.4. The van der Waals surface area contributed by atoms with Gasteiger partial charge in [0.1, 0.15) is 0 Å². The molecule has 0 spiro atoms. The highest BCUT2D eigenvalue weighted by Crippen LogP contribution is 2.20. The molecular formula is C20H26N2O3S. The molecule has 2 aromatic rings. The van der Waals surface area contributed by atoms with Crippen molar-refractivity contribution in [2.75, 3.05) is 26.2 Å². The summed E-state index contributed by atoms with van der Waals surface area (Å²) in [6.07, 6.45) is 2.35. The second-order valence-corrected chi connectivity index (χ2v) is 8.51. The molecule has 1 atom stereocenters. The molecule has 1 heterocycles. The summed E-state index contributed by atoms with van der Waals surface area (Å²) in [5, 5.41) is 9.67. The number of hydrogen-bond acceptors (Lipinski definition) is 4. The van der Waals surface area contributed by atoms with E-state index in [9.17, 15) is 13.5 Å². The Bertz CT molecular complexity index is 792. The predicted molar refractivity (Wildman–Crippen MR) is 103 cm³/mol. The number of nitrogens with one attached hydrogen (secondary N) is 1. The van der Waals surface area contributed by atoms with Gasteiger partial charge in [-0.15, -0.1) is 0 Å². The number of aliphatic hydroxyl groups is 1. The van der Waals surface area contributed by atoms with Crippen LogP contribution in [-0.2, 0) is 10.0 Å². The number of sulfonamides is 1. The van der Waals surface area contributed by atoms with Gasteiger partial charge in [-0.1, -0.05) is 42.5 Å². The first kappa shape index (κ1) is 19.0. The van der Waals surface area contributed by atoms with Crippen molar-refractivity contribution >= 4 is 10.0 Å². The van der Waals surface area contributed by atoms with E-state index in [1.54, 1.807) is 12.1 Å². The van der Waals surface area contributed by atoms with Gasteiger partial charge in [-0.2, -0.15) is 0 Å². The zero-order valence-corrected chi connectivity index (χ0v) is 15.7. The van der Waals surface area contributed by atoms with Crippen LogP contribution in [-0.4, -0.2) is 50.7 Å². The van der Waals surface area contributed by atoms with Gasteiger partial charge in [0.15, 0.2) is 0 Å². The van der Waals surface area contributed by atoms with Crippen LogP contribution in [0.2, 0.25) is 0 Å². The van der Waals surface area contributed by atoms with Crippen molar-refractivity contribution in [1.29, 1.82) is 0 Å². The Hall–Kier alpha value is -1.73. The van der Waals surface area contributed by atoms with Crippen LogP contribution in [0.4, 0.5) is 0 Å². The Morgan fingerprint density at radius 1 is 1.04 bits per heavy atom. The Morgan fingerprint density at radius 3 is 2.42 bits per heavy atom. The molecule has 0 aromatic heterocycles. The van der Waals surface area contributed by atoms with Gasteiger partial charge in [0.05, 0.1) is 11.0 Å². The summed E-state index contributed by atoms with van der Waals surface area (Å²) in [6, 6.07) is 16.8. The highest BCUT2D eigenvalue weighted by Gasteiger charge is 2.18. The van der Waals surface area contributed by atoms with Crippen molar-refractivity contribution in [3.05, 3.63) is 54.6 Å². The maximum atomic E-state index is 12.4. The molecule has 0 radical (unpaired) electrons. The monoisotopic (exact) mass is 374 g/mol. The minimum absolute atomic E-state index is 0.247. The number of β-amino-alcohol motifs (C(OH)–C–C–N with tert-alkyl or cyclic N) is 1. The highest BCUT2D eigenvalue weighted by molar-refractivity contribution is 7.89. The summed E-state index contributed by atoms with van der Waals surface area (Å²) in [5.41, 5.74) is 2.06. The SMILES string of the molecule is O=S(=O)(NCCCN1CCC[C@H](O)C1)c1ccc(-c2ccccc2)cc1. The number of rotatable bonds is 7. The molecular weight excluding hydrogens is 348 g/mol. The van der Waals surface area contributed by atoms with Crippen LogP contribution in [0.15, 0.2) is 59.5 Å². The lowest BCUT2D eigenvalue weighted by atomic mass is 10.1. The van der Waals surface area contributed by atoms with Crippen molar-refractivity contribution in [1.82, 2.24) is 9.62 Å². The Kier molecular flexibility index (Phi) is 6.43. The molecule has 3 rings (SSSR count). The standard InChI is InChI=1S/C20H26N2O3S/c23-19-8-4-14-22(16-19)15-5-13-21-26(24,25)20-11-9-18(10-12-20)17-6-2-1-3-7-17/h1-3,6-7,9-12,19,21,23H,4-5,8,13-16H2/t19-/m0/s1. The molecule has 0 aliphatic carbocycles.